The highest BCUT2D eigenvalue weighted by Gasteiger charge is 2.11. The molecule has 11 nitrogen and oxygen atoms in total. The second kappa shape index (κ2) is 8.30. The summed E-state index contributed by atoms with van der Waals surface area (Å²) in [7, 11) is 0. The van der Waals surface area contributed by atoms with E-state index < -0.39 is 0 Å². The van der Waals surface area contributed by atoms with Crippen molar-refractivity contribution in [1.82, 2.24) is 39.5 Å². The van der Waals surface area contributed by atoms with Crippen LogP contribution in [-0.2, 0) is 6.54 Å². The molecule has 11 heteroatoms. The normalized spacial score (nSPS) is 11.8. The van der Waals surface area contributed by atoms with Gasteiger partial charge in [-0.1, -0.05) is 12.1 Å². The van der Waals surface area contributed by atoms with Gasteiger partial charge in [-0.2, -0.15) is 0 Å². The van der Waals surface area contributed by atoms with Gasteiger partial charge < -0.3 is 20.7 Å². The molecule has 0 spiro atoms. The van der Waals surface area contributed by atoms with Crippen LogP contribution in [0.15, 0.2) is 55.7 Å². The number of aromatic amines is 1. The number of aromatic nitrogens is 8. The maximum Gasteiger partial charge on any atom is 0.182 e. The first-order valence-corrected chi connectivity index (χ1v) is 9.94. The lowest BCUT2D eigenvalue weighted by atomic mass is 10.2. The van der Waals surface area contributed by atoms with Gasteiger partial charge in [0, 0.05) is 18.8 Å². The Morgan fingerprint density at radius 2 is 1.94 bits per heavy atom. The molecule has 0 bridgehead atoms. The topological polar surface area (TPSA) is 142 Å². The molecule has 0 aliphatic rings. The average Bonchev–Trinajstić information content (AvgIpc) is 3.45. The maximum atomic E-state index is 9.64. The van der Waals surface area contributed by atoms with Crippen LogP contribution in [0, 0.1) is 0 Å². The van der Waals surface area contributed by atoms with Gasteiger partial charge in [-0.3, -0.25) is 4.57 Å². The van der Waals surface area contributed by atoms with E-state index >= 15 is 0 Å². The van der Waals surface area contributed by atoms with Gasteiger partial charge >= 0.3 is 0 Å². The Morgan fingerprint density at radius 1 is 1.06 bits per heavy atom. The molecule has 32 heavy (non-hydrogen) atoms. The van der Waals surface area contributed by atoms with Crippen molar-refractivity contribution < 1.29 is 5.11 Å². The number of phenolic OH excluding ortho intramolecular Hbond substituents is 1. The van der Waals surface area contributed by atoms with Crippen LogP contribution < -0.4 is 10.6 Å². The second-order valence-corrected chi connectivity index (χ2v) is 7.08. The van der Waals surface area contributed by atoms with Crippen molar-refractivity contribution in [3.63, 3.8) is 0 Å². The van der Waals surface area contributed by atoms with Crippen molar-refractivity contribution in [1.29, 1.82) is 0 Å². The van der Waals surface area contributed by atoms with Crippen molar-refractivity contribution in [3.8, 4) is 5.75 Å². The van der Waals surface area contributed by atoms with Crippen molar-refractivity contribution in [2.45, 2.75) is 13.5 Å². The van der Waals surface area contributed by atoms with Crippen LogP contribution >= 0.6 is 0 Å². The van der Waals surface area contributed by atoms with E-state index in [-0.39, 0.29) is 5.75 Å². The van der Waals surface area contributed by atoms with Crippen molar-refractivity contribution in [3.05, 3.63) is 61.2 Å². The number of nitrogens with one attached hydrogen (secondary N) is 3. The van der Waals surface area contributed by atoms with Crippen LogP contribution in [0.4, 0.5) is 11.6 Å². The molecule has 0 atom stereocenters. The van der Waals surface area contributed by atoms with Crippen LogP contribution in [0.2, 0.25) is 0 Å². The molecule has 5 rings (SSSR count). The maximum absolute atomic E-state index is 9.64. The first-order valence-electron chi connectivity index (χ1n) is 9.94. The molecule has 0 radical (unpaired) electrons. The third kappa shape index (κ3) is 3.78. The van der Waals surface area contributed by atoms with Gasteiger partial charge in [-0.05, 0) is 30.7 Å². The quantitative estimate of drug-likeness (QED) is 0.308. The van der Waals surface area contributed by atoms with Crippen LogP contribution in [0.25, 0.3) is 28.0 Å². The standard InChI is InChI=1S/C21H20N10O/c1-13(5-6-22-18-16-19(25-9-24-16)27-10-26-18)31-12-30-17-20(28-11-29-21(17)31)23-8-14-3-2-4-15(32)7-14/h2-5,7,9-12,32H,6,8H2,1H3,(H,23,28,29)(H2,22,24,25,26,27)/b13-5+. The summed E-state index contributed by atoms with van der Waals surface area (Å²) >= 11 is 0. The summed E-state index contributed by atoms with van der Waals surface area (Å²) < 4.78 is 1.91. The fourth-order valence-corrected chi connectivity index (χ4v) is 3.37. The Morgan fingerprint density at radius 3 is 2.84 bits per heavy atom. The monoisotopic (exact) mass is 428 g/mol. The number of imidazole rings is 2. The molecule has 0 aliphatic carbocycles. The molecule has 4 heterocycles. The molecule has 0 amide bonds. The third-order valence-electron chi connectivity index (χ3n) is 4.97. The Bertz CT molecular complexity index is 1420. The summed E-state index contributed by atoms with van der Waals surface area (Å²) in [6, 6.07) is 7.08. The fraction of sp³-hybridized carbons (Fsp3) is 0.143. The van der Waals surface area contributed by atoms with E-state index in [1.54, 1.807) is 30.9 Å². The van der Waals surface area contributed by atoms with Crippen LogP contribution in [0.5, 0.6) is 5.75 Å². The van der Waals surface area contributed by atoms with E-state index in [0.717, 1.165) is 16.8 Å². The predicted octanol–water partition coefficient (Wildman–Crippen LogP) is 2.78. The summed E-state index contributed by atoms with van der Waals surface area (Å²) in [6.45, 7) is 3.04. The Balaban J connectivity index is 1.32. The van der Waals surface area contributed by atoms with Gasteiger partial charge in [0.05, 0.1) is 6.33 Å². The average molecular weight is 428 g/mol. The van der Waals surface area contributed by atoms with Crippen molar-refractivity contribution in [2.75, 3.05) is 17.2 Å². The number of phenols is 1. The number of aromatic hydroxyl groups is 1. The third-order valence-corrected chi connectivity index (χ3v) is 4.97. The largest absolute Gasteiger partial charge is 0.508 e. The minimum absolute atomic E-state index is 0.228. The van der Waals surface area contributed by atoms with Gasteiger partial charge in [0.2, 0.25) is 0 Å². The molecule has 0 saturated carbocycles. The molecule has 0 fully saturated rings. The van der Waals surface area contributed by atoms with Crippen LogP contribution in [-0.4, -0.2) is 51.1 Å². The minimum atomic E-state index is 0.228. The van der Waals surface area contributed by atoms with E-state index in [1.807, 2.05) is 23.6 Å². The summed E-state index contributed by atoms with van der Waals surface area (Å²) in [4.78, 5) is 28.8. The summed E-state index contributed by atoms with van der Waals surface area (Å²) in [6.07, 6.45) is 8.32. The van der Waals surface area contributed by atoms with E-state index in [2.05, 4.69) is 45.5 Å². The van der Waals surface area contributed by atoms with Gasteiger partial charge in [-0.15, -0.1) is 0 Å². The van der Waals surface area contributed by atoms with Gasteiger partial charge in [-0.25, -0.2) is 29.9 Å². The molecule has 160 valence electrons. The number of allylic oxidation sites excluding steroid dienone is 1. The lowest BCUT2D eigenvalue weighted by Crippen LogP contribution is -2.05. The highest BCUT2D eigenvalue weighted by Crippen LogP contribution is 2.21. The highest BCUT2D eigenvalue weighted by atomic mass is 16.3. The van der Waals surface area contributed by atoms with Crippen LogP contribution in [0.1, 0.15) is 12.5 Å². The zero-order chi connectivity index (χ0) is 21.9. The molecule has 0 unspecified atom stereocenters. The summed E-state index contributed by atoms with van der Waals surface area (Å²) in [5.41, 5.74) is 4.64. The molecule has 4 N–H and O–H groups in total. The van der Waals surface area contributed by atoms with Crippen molar-refractivity contribution >= 4 is 39.7 Å². The number of nitrogens with zero attached hydrogens (tertiary/aromatic N) is 7. The lowest BCUT2D eigenvalue weighted by molar-refractivity contribution is 0.474. The highest BCUT2D eigenvalue weighted by molar-refractivity contribution is 5.85. The first kappa shape index (κ1) is 19.4. The minimum Gasteiger partial charge on any atom is -0.508 e. The summed E-state index contributed by atoms with van der Waals surface area (Å²) in [5.74, 6) is 1.55. The molecule has 0 aliphatic heterocycles. The zero-order valence-electron chi connectivity index (χ0n) is 17.2. The Labute approximate surface area is 182 Å². The molecule has 1 aromatic carbocycles. The van der Waals surface area contributed by atoms with Gasteiger partial charge in [0.15, 0.2) is 28.4 Å². The number of anilines is 2. The van der Waals surface area contributed by atoms with E-state index in [4.69, 9.17) is 0 Å². The zero-order valence-corrected chi connectivity index (χ0v) is 17.2. The number of fused-ring (bicyclic) bond motifs is 2. The number of benzene rings is 1. The smallest absolute Gasteiger partial charge is 0.182 e. The molecular formula is C21H20N10O. The number of hydrogen-bond acceptors (Lipinski definition) is 9. The number of rotatable bonds is 7. The SMILES string of the molecule is C/C(=C\CNc1ncnc2nc[nH]c12)n1cnc2c(NCc3cccc(O)c3)ncnc21. The Hall–Kier alpha value is -4.54. The first-order chi connectivity index (χ1) is 15.7. The van der Waals surface area contributed by atoms with Crippen LogP contribution in [0.3, 0.4) is 0 Å². The Kier molecular flexibility index (Phi) is 5.04. The van der Waals surface area contributed by atoms with Gasteiger partial charge in [0.1, 0.15) is 30.2 Å². The summed E-state index contributed by atoms with van der Waals surface area (Å²) in [5, 5.41) is 16.2. The molecule has 0 saturated heterocycles. The lowest BCUT2D eigenvalue weighted by Gasteiger charge is -2.08. The molecule has 4 aromatic heterocycles. The van der Waals surface area contributed by atoms with E-state index in [1.165, 1.54) is 12.7 Å². The van der Waals surface area contributed by atoms with E-state index in [0.29, 0.717) is 41.5 Å². The predicted molar refractivity (Wildman–Crippen MR) is 121 cm³/mol. The van der Waals surface area contributed by atoms with E-state index in [9.17, 15) is 5.11 Å². The van der Waals surface area contributed by atoms with Crippen molar-refractivity contribution in [2.24, 2.45) is 0 Å². The molecular weight excluding hydrogens is 408 g/mol. The number of hydrogen-bond donors (Lipinski definition) is 4. The molecule has 5 aromatic rings. The number of H-pyrrole nitrogens is 1. The second-order valence-electron chi connectivity index (χ2n) is 7.08. The van der Waals surface area contributed by atoms with Gasteiger partial charge in [0.25, 0.3) is 0 Å². The fourth-order valence-electron chi connectivity index (χ4n) is 3.37.